The molecule has 4 nitrogen and oxygen atoms in total. The van der Waals surface area contributed by atoms with Crippen molar-refractivity contribution in [2.75, 3.05) is 26.3 Å². The number of ether oxygens (including phenoxy) is 1. The summed E-state index contributed by atoms with van der Waals surface area (Å²) in [4.78, 5) is 2.49. The smallest absolute Gasteiger partial charge is 0.0678 e. The molecule has 0 saturated carbocycles. The summed E-state index contributed by atoms with van der Waals surface area (Å²) in [6.07, 6.45) is 0.898. The molecule has 0 bridgehead atoms. The molecule has 2 heterocycles. The van der Waals surface area contributed by atoms with Crippen LogP contribution < -0.4 is 0 Å². The van der Waals surface area contributed by atoms with E-state index in [0.29, 0.717) is 6.04 Å². The van der Waals surface area contributed by atoms with Crippen molar-refractivity contribution in [3.8, 4) is 0 Å². The van der Waals surface area contributed by atoms with Gasteiger partial charge in [-0.3, -0.25) is 10.00 Å². The Balaban J connectivity index is 1.65. The van der Waals surface area contributed by atoms with Crippen molar-refractivity contribution in [3.63, 3.8) is 0 Å². The maximum atomic E-state index is 5.45. The van der Waals surface area contributed by atoms with Crippen LogP contribution in [0.4, 0.5) is 0 Å². The molecule has 0 radical (unpaired) electrons. The summed E-state index contributed by atoms with van der Waals surface area (Å²) in [5.41, 5.74) is 5.08. The van der Waals surface area contributed by atoms with E-state index < -0.39 is 0 Å². The molecule has 4 heteroatoms. The summed E-state index contributed by atoms with van der Waals surface area (Å²) in [6, 6.07) is 11.6. The highest BCUT2D eigenvalue weighted by Crippen LogP contribution is 2.23. The van der Waals surface area contributed by atoms with Gasteiger partial charge in [-0.25, -0.2) is 0 Å². The molecule has 1 atom stereocenters. The molecular weight excluding hydrogens is 298 g/mol. The minimum atomic E-state index is 0.0895. The highest BCUT2D eigenvalue weighted by atomic mass is 16.5. The Hall–Kier alpha value is -1.65. The number of nitrogens with zero attached hydrogens (tertiary/aromatic N) is 2. The molecule has 24 heavy (non-hydrogen) atoms. The Bertz CT molecular complexity index is 648. The van der Waals surface area contributed by atoms with E-state index in [1.165, 1.54) is 16.8 Å². The number of nitrogens with one attached hydrogen (secondary N) is 1. The Morgan fingerprint density at radius 3 is 2.42 bits per heavy atom. The van der Waals surface area contributed by atoms with Gasteiger partial charge < -0.3 is 4.74 Å². The minimum absolute atomic E-state index is 0.0895. The largest absolute Gasteiger partial charge is 0.379 e. The summed E-state index contributed by atoms with van der Waals surface area (Å²) in [5, 5.41) is 7.62. The number of hydrogen-bond donors (Lipinski definition) is 1. The highest BCUT2D eigenvalue weighted by molar-refractivity contribution is 5.29. The van der Waals surface area contributed by atoms with Gasteiger partial charge in [-0.15, -0.1) is 0 Å². The summed E-state index contributed by atoms with van der Waals surface area (Å²) >= 11 is 0. The minimum Gasteiger partial charge on any atom is -0.379 e. The Morgan fingerprint density at radius 1 is 1.17 bits per heavy atom. The first-order valence-electron chi connectivity index (χ1n) is 8.89. The van der Waals surface area contributed by atoms with E-state index in [2.05, 4.69) is 73.1 Å². The lowest BCUT2D eigenvalue weighted by Crippen LogP contribution is -2.37. The first-order chi connectivity index (χ1) is 11.4. The van der Waals surface area contributed by atoms with Crippen molar-refractivity contribution in [3.05, 3.63) is 52.8 Å². The van der Waals surface area contributed by atoms with E-state index in [4.69, 9.17) is 4.74 Å². The Morgan fingerprint density at radius 2 is 1.83 bits per heavy atom. The molecule has 0 spiro atoms. The first kappa shape index (κ1) is 17.2. The number of aromatic nitrogens is 2. The molecule has 1 aliphatic heterocycles. The fourth-order valence-corrected chi connectivity index (χ4v) is 3.15. The molecule has 1 saturated heterocycles. The van der Waals surface area contributed by atoms with Crippen molar-refractivity contribution in [2.45, 2.75) is 45.6 Å². The lowest BCUT2D eigenvalue weighted by atomic mass is 9.92. The second kappa shape index (κ2) is 7.08. The highest BCUT2D eigenvalue weighted by Gasteiger charge is 2.19. The first-order valence-corrected chi connectivity index (χ1v) is 8.89. The van der Waals surface area contributed by atoms with Gasteiger partial charge >= 0.3 is 0 Å². The molecule has 1 fully saturated rings. The van der Waals surface area contributed by atoms with Crippen LogP contribution in [0.5, 0.6) is 0 Å². The van der Waals surface area contributed by atoms with Gasteiger partial charge in [0.15, 0.2) is 0 Å². The summed E-state index contributed by atoms with van der Waals surface area (Å²) in [7, 11) is 0. The average molecular weight is 327 g/mol. The third kappa shape index (κ3) is 4.05. The number of hydrogen-bond acceptors (Lipinski definition) is 3. The van der Waals surface area contributed by atoms with Gasteiger partial charge in [0.25, 0.3) is 0 Å². The zero-order valence-electron chi connectivity index (χ0n) is 15.3. The quantitative estimate of drug-likeness (QED) is 0.931. The van der Waals surface area contributed by atoms with Crippen molar-refractivity contribution >= 4 is 0 Å². The van der Waals surface area contributed by atoms with Gasteiger partial charge in [0, 0.05) is 36.7 Å². The molecule has 1 N–H and O–H groups in total. The van der Waals surface area contributed by atoms with E-state index in [-0.39, 0.29) is 5.41 Å². The van der Waals surface area contributed by atoms with Crippen LogP contribution >= 0.6 is 0 Å². The van der Waals surface area contributed by atoms with Crippen LogP contribution in [-0.2, 0) is 16.6 Å². The van der Waals surface area contributed by atoms with Crippen LogP contribution in [0, 0.1) is 0 Å². The molecule has 3 rings (SSSR count). The van der Waals surface area contributed by atoms with Crippen molar-refractivity contribution in [1.29, 1.82) is 0 Å². The van der Waals surface area contributed by atoms with Crippen LogP contribution in [0.15, 0.2) is 30.3 Å². The third-order valence-corrected chi connectivity index (χ3v) is 4.85. The fourth-order valence-electron chi connectivity index (χ4n) is 3.15. The van der Waals surface area contributed by atoms with Gasteiger partial charge in [0.1, 0.15) is 0 Å². The molecule has 1 aromatic carbocycles. The summed E-state index contributed by atoms with van der Waals surface area (Å²) in [5.74, 6) is 0. The molecule has 2 aromatic rings. The summed E-state index contributed by atoms with van der Waals surface area (Å²) < 4.78 is 5.45. The Labute approximate surface area is 145 Å². The molecule has 1 aliphatic rings. The van der Waals surface area contributed by atoms with Crippen LogP contribution in [-0.4, -0.2) is 41.4 Å². The molecule has 0 amide bonds. The Kier molecular flexibility index (Phi) is 5.07. The standard InChI is InChI=1S/C20H29N3O/c1-15(23-9-11-24-12-10-23)17-7-5-16(6-8-17)13-18-14-19(22-21-18)20(2,3)4/h5-8,14-15H,9-13H2,1-4H3,(H,21,22). The fraction of sp³-hybridized carbons (Fsp3) is 0.550. The van der Waals surface area contributed by atoms with Crippen LogP contribution in [0.3, 0.4) is 0 Å². The van der Waals surface area contributed by atoms with E-state index >= 15 is 0 Å². The molecule has 1 aromatic heterocycles. The lowest BCUT2D eigenvalue weighted by molar-refractivity contribution is 0.0198. The van der Waals surface area contributed by atoms with Gasteiger partial charge in [-0.05, 0) is 24.1 Å². The maximum absolute atomic E-state index is 5.45. The van der Waals surface area contributed by atoms with Crippen LogP contribution in [0.1, 0.15) is 56.3 Å². The number of benzene rings is 1. The van der Waals surface area contributed by atoms with E-state index in [1.54, 1.807) is 0 Å². The second-order valence-electron chi connectivity index (χ2n) is 7.77. The molecule has 130 valence electrons. The van der Waals surface area contributed by atoms with Crippen molar-refractivity contribution < 1.29 is 4.74 Å². The zero-order valence-corrected chi connectivity index (χ0v) is 15.3. The lowest BCUT2D eigenvalue weighted by Gasteiger charge is -2.32. The molecule has 0 aliphatic carbocycles. The second-order valence-corrected chi connectivity index (χ2v) is 7.77. The SMILES string of the molecule is CC(c1ccc(Cc2cc(C(C)(C)C)n[nH]2)cc1)N1CCOCC1. The van der Waals surface area contributed by atoms with Crippen LogP contribution in [0.25, 0.3) is 0 Å². The van der Waals surface area contributed by atoms with Gasteiger partial charge in [0.05, 0.1) is 18.9 Å². The van der Waals surface area contributed by atoms with E-state index in [0.717, 1.165) is 38.4 Å². The van der Waals surface area contributed by atoms with Crippen LogP contribution in [0.2, 0.25) is 0 Å². The normalized spacial score (nSPS) is 17.8. The number of rotatable bonds is 4. The van der Waals surface area contributed by atoms with E-state index in [1.807, 2.05) is 0 Å². The van der Waals surface area contributed by atoms with Gasteiger partial charge in [-0.1, -0.05) is 45.0 Å². The predicted molar refractivity (Wildman–Crippen MR) is 97.3 cm³/mol. The van der Waals surface area contributed by atoms with Crippen molar-refractivity contribution in [1.82, 2.24) is 15.1 Å². The monoisotopic (exact) mass is 327 g/mol. The predicted octanol–water partition coefficient (Wildman–Crippen LogP) is 3.69. The van der Waals surface area contributed by atoms with Crippen molar-refractivity contribution in [2.24, 2.45) is 0 Å². The number of H-pyrrole nitrogens is 1. The maximum Gasteiger partial charge on any atom is 0.0678 e. The van der Waals surface area contributed by atoms with Gasteiger partial charge in [-0.2, -0.15) is 5.10 Å². The third-order valence-electron chi connectivity index (χ3n) is 4.85. The van der Waals surface area contributed by atoms with Gasteiger partial charge in [0.2, 0.25) is 0 Å². The number of aromatic amines is 1. The molecule has 1 unspecified atom stereocenters. The number of morpholine rings is 1. The average Bonchev–Trinajstić information content (AvgIpc) is 3.05. The summed E-state index contributed by atoms with van der Waals surface area (Å²) in [6.45, 7) is 12.6. The molecular formula is C20H29N3O. The van der Waals surface area contributed by atoms with E-state index in [9.17, 15) is 0 Å². The topological polar surface area (TPSA) is 41.2 Å². The zero-order chi connectivity index (χ0) is 17.2.